The van der Waals surface area contributed by atoms with Gasteiger partial charge in [-0.25, -0.2) is 0 Å². The van der Waals surface area contributed by atoms with Crippen molar-refractivity contribution >= 4 is 17.7 Å². The number of hydrogen-bond donors (Lipinski definition) is 1. The molecule has 110 valence electrons. The molecular weight excluding hydrogens is 256 g/mol. The van der Waals surface area contributed by atoms with Gasteiger partial charge in [0.2, 0.25) is 5.91 Å². The third-order valence-corrected chi connectivity index (χ3v) is 5.64. The summed E-state index contributed by atoms with van der Waals surface area (Å²) >= 11 is 1.76. The Morgan fingerprint density at radius 2 is 1.84 bits per heavy atom. The Hall–Kier alpha value is -0.220. The molecule has 1 saturated carbocycles. The average molecular weight is 284 g/mol. The highest BCUT2D eigenvalue weighted by Gasteiger charge is 2.37. The van der Waals surface area contributed by atoms with Gasteiger partial charge in [0.15, 0.2) is 0 Å². The summed E-state index contributed by atoms with van der Waals surface area (Å²) in [5.41, 5.74) is 6.57. The van der Waals surface area contributed by atoms with Crippen molar-refractivity contribution in [1.82, 2.24) is 4.90 Å². The van der Waals surface area contributed by atoms with Crippen LogP contribution in [0.5, 0.6) is 0 Å². The lowest BCUT2D eigenvalue weighted by Gasteiger charge is -2.44. The van der Waals surface area contributed by atoms with Crippen molar-refractivity contribution in [2.75, 3.05) is 25.1 Å². The third-order valence-electron chi connectivity index (χ3n) is 5.00. The van der Waals surface area contributed by atoms with Crippen LogP contribution in [0.4, 0.5) is 0 Å². The Labute approximate surface area is 121 Å². The number of nitrogens with two attached hydrogens (primary N) is 1. The van der Waals surface area contributed by atoms with Crippen LogP contribution >= 0.6 is 11.8 Å². The van der Waals surface area contributed by atoms with E-state index in [0.29, 0.717) is 5.41 Å². The van der Waals surface area contributed by atoms with Gasteiger partial charge in [-0.2, -0.15) is 11.8 Å². The quantitative estimate of drug-likeness (QED) is 0.863. The molecule has 2 N–H and O–H groups in total. The van der Waals surface area contributed by atoms with E-state index in [0.717, 1.165) is 25.3 Å². The van der Waals surface area contributed by atoms with Crippen LogP contribution in [0.25, 0.3) is 0 Å². The van der Waals surface area contributed by atoms with Crippen molar-refractivity contribution in [3.8, 4) is 0 Å². The molecule has 0 aromatic carbocycles. The second-order valence-corrected chi connectivity index (χ2v) is 7.26. The fourth-order valence-corrected chi connectivity index (χ4v) is 4.10. The van der Waals surface area contributed by atoms with Gasteiger partial charge in [0.1, 0.15) is 0 Å². The highest BCUT2D eigenvalue weighted by molar-refractivity contribution is 7.98. The average Bonchev–Trinajstić information content (AvgIpc) is 2.46. The number of rotatable bonds is 4. The summed E-state index contributed by atoms with van der Waals surface area (Å²) in [4.78, 5) is 14.3. The molecule has 0 bridgehead atoms. The van der Waals surface area contributed by atoms with E-state index in [4.69, 9.17) is 5.73 Å². The smallest absolute Gasteiger partial charge is 0.239 e. The lowest BCUT2D eigenvalue weighted by molar-refractivity contribution is -0.135. The summed E-state index contributed by atoms with van der Waals surface area (Å²) in [5.74, 6) is 1.16. The fraction of sp³-hybridized carbons (Fsp3) is 0.933. The van der Waals surface area contributed by atoms with Crippen molar-refractivity contribution in [2.24, 2.45) is 11.1 Å². The molecule has 1 aliphatic heterocycles. The molecule has 1 aliphatic carbocycles. The molecule has 1 atom stereocenters. The minimum atomic E-state index is -0.284. The van der Waals surface area contributed by atoms with Gasteiger partial charge in [-0.05, 0) is 49.5 Å². The minimum Gasteiger partial charge on any atom is -0.341 e. The van der Waals surface area contributed by atoms with Crippen LogP contribution < -0.4 is 5.73 Å². The zero-order valence-electron chi connectivity index (χ0n) is 12.2. The van der Waals surface area contributed by atoms with Gasteiger partial charge in [-0.1, -0.05) is 19.3 Å². The molecular formula is C15H28N2OS. The summed E-state index contributed by atoms with van der Waals surface area (Å²) in [7, 11) is 0. The van der Waals surface area contributed by atoms with E-state index in [-0.39, 0.29) is 11.9 Å². The number of likely N-dealkylation sites (tertiary alicyclic amines) is 1. The number of amides is 1. The van der Waals surface area contributed by atoms with E-state index in [1.807, 2.05) is 4.90 Å². The predicted molar refractivity (Wildman–Crippen MR) is 82.3 cm³/mol. The van der Waals surface area contributed by atoms with Gasteiger partial charge in [0.25, 0.3) is 0 Å². The Kier molecular flexibility index (Phi) is 5.58. The van der Waals surface area contributed by atoms with Crippen LogP contribution in [0.3, 0.4) is 0 Å². The van der Waals surface area contributed by atoms with Crippen LogP contribution in [-0.4, -0.2) is 41.9 Å². The number of carbonyl (C=O) groups is 1. The predicted octanol–water partition coefficient (Wildman–Crippen LogP) is 2.64. The van der Waals surface area contributed by atoms with Crippen LogP contribution in [0.1, 0.15) is 51.4 Å². The first-order chi connectivity index (χ1) is 9.17. The lowest BCUT2D eigenvalue weighted by Crippen LogP contribution is -2.49. The van der Waals surface area contributed by atoms with E-state index in [2.05, 4.69) is 6.26 Å². The van der Waals surface area contributed by atoms with E-state index < -0.39 is 0 Å². The van der Waals surface area contributed by atoms with Crippen LogP contribution in [-0.2, 0) is 4.79 Å². The maximum absolute atomic E-state index is 12.3. The number of thioether (sulfide) groups is 1. The van der Waals surface area contributed by atoms with Crippen molar-refractivity contribution in [3.05, 3.63) is 0 Å². The first kappa shape index (κ1) is 15.2. The van der Waals surface area contributed by atoms with E-state index >= 15 is 0 Å². The Balaban J connectivity index is 1.80. The van der Waals surface area contributed by atoms with Gasteiger partial charge < -0.3 is 10.6 Å². The van der Waals surface area contributed by atoms with Crippen molar-refractivity contribution in [3.63, 3.8) is 0 Å². The van der Waals surface area contributed by atoms with Gasteiger partial charge in [0.05, 0.1) is 6.04 Å². The molecule has 1 heterocycles. The molecule has 1 amide bonds. The zero-order valence-corrected chi connectivity index (χ0v) is 13.0. The molecule has 2 aliphatic rings. The molecule has 1 saturated heterocycles. The standard InChI is InChI=1S/C15H28N2OS/c1-19-12-5-13(16)14(18)17-10-8-15(9-11-17)6-3-2-4-7-15/h13H,2-12,16H2,1H3/t13-/m1/s1. The fourth-order valence-electron chi connectivity index (χ4n) is 3.61. The molecule has 0 aromatic heterocycles. The van der Waals surface area contributed by atoms with Crippen molar-refractivity contribution in [2.45, 2.75) is 57.4 Å². The molecule has 4 heteroatoms. The zero-order chi connectivity index (χ0) is 13.7. The summed E-state index contributed by atoms with van der Waals surface area (Å²) < 4.78 is 0. The third kappa shape index (κ3) is 3.88. The molecule has 3 nitrogen and oxygen atoms in total. The van der Waals surface area contributed by atoms with Crippen LogP contribution in [0, 0.1) is 5.41 Å². The first-order valence-electron chi connectivity index (χ1n) is 7.70. The second kappa shape index (κ2) is 6.98. The number of hydrogen-bond acceptors (Lipinski definition) is 3. The SMILES string of the molecule is CSCC[C@@H](N)C(=O)N1CCC2(CCCCC2)CC1. The molecule has 0 radical (unpaired) electrons. The number of carbonyl (C=O) groups excluding carboxylic acids is 1. The summed E-state index contributed by atoms with van der Waals surface area (Å²) in [6, 6.07) is -0.284. The van der Waals surface area contributed by atoms with Crippen molar-refractivity contribution in [1.29, 1.82) is 0 Å². The van der Waals surface area contributed by atoms with Crippen molar-refractivity contribution < 1.29 is 4.79 Å². The largest absolute Gasteiger partial charge is 0.341 e. The normalized spacial score (nSPS) is 24.4. The van der Waals surface area contributed by atoms with Crippen LogP contribution in [0.2, 0.25) is 0 Å². The second-order valence-electron chi connectivity index (χ2n) is 6.27. The molecule has 0 unspecified atom stereocenters. The lowest BCUT2D eigenvalue weighted by atomic mass is 9.68. The summed E-state index contributed by atoms with van der Waals surface area (Å²) in [6.07, 6.45) is 12.2. The maximum atomic E-state index is 12.3. The minimum absolute atomic E-state index is 0.180. The molecule has 2 rings (SSSR count). The molecule has 2 fully saturated rings. The van der Waals surface area contributed by atoms with Gasteiger partial charge in [-0.15, -0.1) is 0 Å². The summed E-state index contributed by atoms with van der Waals surface area (Å²) in [5, 5.41) is 0. The first-order valence-corrected chi connectivity index (χ1v) is 9.10. The Bertz CT molecular complexity index is 293. The molecule has 0 aromatic rings. The number of piperidine rings is 1. The topological polar surface area (TPSA) is 46.3 Å². The van der Waals surface area contributed by atoms with E-state index in [9.17, 15) is 4.79 Å². The van der Waals surface area contributed by atoms with E-state index in [1.54, 1.807) is 11.8 Å². The maximum Gasteiger partial charge on any atom is 0.239 e. The molecule has 1 spiro atoms. The monoisotopic (exact) mass is 284 g/mol. The van der Waals surface area contributed by atoms with Gasteiger partial charge >= 0.3 is 0 Å². The Morgan fingerprint density at radius 3 is 2.42 bits per heavy atom. The van der Waals surface area contributed by atoms with E-state index in [1.165, 1.54) is 44.9 Å². The van der Waals surface area contributed by atoms with Crippen LogP contribution in [0.15, 0.2) is 0 Å². The highest BCUT2D eigenvalue weighted by atomic mass is 32.2. The molecule has 19 heavy (non-hydrogen) atoms. The van der Waals surface area contributed by atoms with Gasteiger partial charge in [-0.3, -0.25) is 4.79 Å². The number of nitrogens with zero attached hydrogens (tertiary/aromatic N) is 1. The summed E-state index contributed by atoms with van der Waals surface area (Å²) in [6.45, 7) is 1.87. The van der Waals surface area contributed by atoms with Gasteiger partial charge in [0, 0.05) is 13.1 Å². The highest BCUT2D eigenvalue weighted by Crippen LogP contribution is 2.44. The Morgan fingerprint density at radius 1 is 1.21 bits per heavy atom.